The maximum Gasteiger partial charge on any atom is 0.0654 e. The van der Waals surface area contributed by atoms with Crippen molar-refractivity contribution < 1.29 is 15.3 Å². The molecule has 0 bridgehead atoms. The number of hydrogen-bond donors (Lipinski definition) is 3. The summed E-state index contributed by atoms with van der Waals surface area (Å²) >= 11 is 0. The van der Waals surface area contributed by atoms with Gasteiger partial charge in [-0.3, -0.25) is 0 Å². The summed E-state index contributed by atoms with van der Waals surface area (Å²) in [5, 5.41) is 31.2. The summed E-state index contributed by atoms with van der Waals surface area (Å²) in [7, 11) is 0. The number of rotatable bonds is 22. The second kappa shape index (κ2) is 25.5. The summed E-state index contributed by atoms with van der Waals surface area (Å²) in [5.41, 5.74) is 6.14. The van der Waals surface area contributed by atoms with Crippen LogP contribution in [0.15, 0.2) is 154 Å². The van der Waals surface area contributed by atoms with Gasteiger partial charge in [-0.2, -0.15) is 0 Å². The van der Waals surface area contributed by atoms with Crippen LogP contribution in [-0.4, -0.2) is 32.1 Å². The Balaban J connectivity index is 5.01. The molecule has 0 amide bonds. The topological polar surface area (TPSA) is 60.7 Å². The minimum absolute atomic E-state index is 0.0334. The first-order chi connectivity index (χ1) is 24.5. The molecule has 3 N–H and O–H groups in total. The van der Waals surface area contributed by atoms with Crippen LogP contribution >= 0.6 is 0 Å². The van der Waals surface area contributed by atoms with Gasteiger partial charge in [0, 0.05) is 5.92 Å². The van der Waals surface area contributed by atoms with Gasteiger partial charge >= 0.3 is 0 Å². The summed E-state index contributed by atoms with van der Waals surface area (Å²) in [6.07, 6.45) is 44.1. The summed E-state index contributed by atoms with van der Waals surface area (Å²) in [6, 6.07) is 0. The van der Waals surface area contributed by atoms with E-state index in [4.69, 9.17) is 0 Å². The molecular weight excluding hydrogens is 649 g/mol. The third-order valence-electron chi connectivity index (χ3n) is 8.99. The highest BCUT2D eigenvalue weighted by molar-refractivity contribution is 5.33. The highest BCUT2D eigenvalue weighted by atomic mass is 16.3. The molecule has 0 aliphatic carbocycles. The third kappa shape index (κ3) is 28.7. The van der Waals surface area contributed by atoms with Gasteiger partial charge in [0.05, 0.1) is 16.8 Å². The van der Waals surface area contributed by atoms with Crippen molar-refractivity contribution in [2.45, 2.75) is 146 Å². The molecule has 0 saturated heterocycles. The third-order valence-corrected chi connectivity index (χ3v) is 8.99. The van der Waals surface area contributed by atoms with Crippen molar-refractivity contribution in [2.75, 3.05) is 0 Å². The molecule has 0 aromatic rings. The predicted octanol–water partition coefficient (Wildman–Crippen LogP) is 13.5. The Kier molecular flexibility index (Phi) is 23.8. The van der Waals surface area contributed by atoms with Gasteiger partial charge in [-0.25, -0.2) is 0 Å². The molecule has 0 rings (SSSR count). The number of hydrogen-bond acceptors (Lipinski definition) is 3. The highest BCUT2D eigenvalue weighted by Crippen LogP contribution is 2.28. The van der Waals surface area contributed by atoms with Crippen molar-refractivity contribution in [2.24, 2.45) is 11.8 Å². The van der Waals surface area contributed by atoms with Crippen molar-refractivity contribution in [3.63, 3.8) is 0 Å². The Morgan fingerprint density at radius 1 is 0.491 bits per heavy atom. The van der Waals surface area contributed by atoms with E-state index in [2.05, 4.69) is 165 Å². The lowest BCUT2D eigenvalue weighted by Gasteiger charge is -2.29. The van der Waals surface area contributed by atoms with Crippen molar-refractivity contribution in [1.29, 1.82) is 0 Å². The lowest BCUT2D eigenvalue weighted by molar-refractivity contribution is 0.0136. The molecule has 2 unspecified atom stereocenters. The fourth-order valence-corrected chi connectivity index (χ4v) is 5.20. The molecule has 3 nitrogen and oxygen atoms in total. The molecule has 0 fully saturated rings. The van der Waals surface area contributed by atoms with E-state index in [0.29, 0.717) is 6.42 Å². The average Bonchev–Trinajstić information content (AvgIpc) is 3.01. The Labute approximate surface area is 326 Å². The molecule has 0 radical (unpaired) electrons. The zero-order valence-corrected chi connectivity index (χ0v) is 36.0. The van der Waals surface area contributed by atoms with Crippen LogP contribution in [0.2, 0.25) is 0 Å². The van der Waals surface area contributed by atoms with Crippen LogP contribution in [0.5, 0.6) is 0 Å². The molecule has 0 aliphatic rings. The monoisotopic (exact) mass is 725 g/mol. The molecule has 0 aliphatic heterocycles. The van der Waals surface area contributed by atoms with Gasteiger partial charge in [-0.15, -0.1) is 0 Å². The number of allylic oxidation sites excluding steroid dienone is 25. The summed E-state index contributed by atoms with van der Waals surface area (Å²) < 4.78 is 0. The molecule has 0 aromatic heterocycles. The van der Waals surface area contributed by atoms with Gasteiger partial charge in [0.2, 0.25) is 0 Å². The normalized spacial score (nSPS) is 16.8. The first kappa shape index (κ1) is 49.5. The van der Waals surface area contributed by atoms with Gasteiger partial charge < -0.3 is 15.3 Å². The van der Waals surface area contributed by atoms with E-state index in [1.165, 1.54) is 22.3 Å². The smallest absolute Gasteiger partial charge is 0.0654 e. The van der Waals surface area contributed by atoms with E-state index in [9.17, 15) is 15.3 Å². The molecule has 0 saturated carbocycles. The van der Waals surface area contributed by atoms with Crippen LogP contribution in [0.3, 0.4) is 0 Å². The second-order valence-electron chi connectivity index (χ2n) is 16.8. The quantitative estimate of drug-likeness (QED) is 0.0769. The fraction of sp³-hybridized carbons (Fsp3) is 0.480. The Bertz CT molecular complexity index is 1490. The molecule has 0 spiro atoms. The van der Waals surface area contributed by atoms with Gasteiger partial charge in [0.15, 0.2) is 0 Å². The van der Waals surface area contributed by atoms with Crippen LogP contribution in [0, 0.1) is 11.8 Å². The van der Waals surface area contributed by atoms with Crippen LogP contribution < -0.4 is 0 Å². The number of aliphatic hydroxyl groups is 3. The average molecular weight is 725 g/mol. The van der Waals surface area contributed by atoms with Gasteiger partial charge in [0.25, 0.3) is 0 Å². The van der Waals surface area contributed by atoms with E-state index in [1.54, 1.807) is 13.8 Å². The van der Waals surface area contributed by atoms with Gasteiger partial charge in [-0.05, 0) is 135 Å². The summed E-state index contributed by atoms with van der Waals surface area (Å²) in [5.74, 6) is 0.214. The molecule has 294 valence electrons. The molecular formula is C50H76O3. The predicted molar refractivity (Wildman–Crippen MR) is 236 cm³/mol. The summed E-state index contributed by atoms with van der Waals surface area (Å²) in [6.45, 7) is 27.9. The fourth-order valence-electron chi connectivity index (χ4n) is 5.20. The SMILES string of the molecule is CC(C)=CCC(CC/C(C)=C/C=C/C(C)=C/C=C/C(C)=C/C=C/C=C(C)/C=C/C=C(C)/C=C/C=C(C)/C=C/C(CCC(C)(C)O)C(C)(C)O)C(C)(C)O. The minimum Gasteiger partial charge on any atom is -0.390 e. The minimum atomic E-state index is -0.843. The van der Waals surface area contributed by atoms with Crippen LogP contribution in [0.1, 0.15) is 129 Å². The van der Waals surface area contributed by atoms with E-state index >= 15 is 0 Å². The van der Waals surface area contributed by atoms with Crippen molar-refractivity contribution in [1.82, 2.24) is 0 Å². The van der Waals surface area contributed by atoms with E-state index in [-0.39, 0.29) is 11.8 Å². The first-order valence-corrected chi connectivity index (χ1v) is 19.4. The zero-order chi connectivity index (χ0) is 40.7. The zero-order valence-electron chi connectivity index (χ0n) is 36.0. The lowest BCUT2D eigenvalue weighted by atomic mass is 9.83. The van der Waals surface area contributed by atoms with Gasteiger partial charge in [0.1, 0.15) is 0 Å². The standard InChI is InChI=1S/C50H76O3/c1-39(2)31-34-46(49(11,12)52)35-32-44(7)29-19-27-42(5)25-17-23-40(3)21-15-16-22-41(4)24-18-26-43(6)28-20-30-45(8)33-36-47(50(13,14)53)37-38-48(9,10)51/h15-31,33,36,46-47,51-53H,32,34-35,37-38H2,1-14H3/b16-15+,23-17+,24-18+,27-19+,28-20+,36-33+,40-21+,41-22+,42-25+,43-26+,44-29+,45-30+. The second-order valence-corrected chi connectivity index (χ2v) is 16.8. The highest BCUT2D eigenvalue weighted by Gasteiger charge is 2.27. The van der Waals surface area contributed by atoms with E-state index in [1.807, 2.05) is 33.8 Å². The molecule has 0 aromatic carbocycles. The first-order valence-electron chi connectivity index (χ1n) is 19.4. The van der Waals surface area contributed by atoms with Crippen molar-refractivity contribution in [3.05, 3.63) is 154 Å². The van der Waals surface area contributed by atoms with Crippen LogP contribution in [0.25, 0.3) is 0 Å². The Morgan fingerprint density at radius 3 is 1.26 bits per heavy atom. The molecule has 2 atom stereocenters. The Hall–Kier alpha value is -3.50. The lowest BCUT2D eigenvalue weighted by Crippen LogP contribution is -2.31. The maximum absolute atomic E-state index is 10.6. The maximum atomic E-state index is 10.6. The van der Waals surface area contributed by atoms with E-state index in [0.717, 1.165) is 42.4 Å². The van der Waals surface area contributed by atoms with Crippen LogP contribution in [0.4, 0.5) is 0 Å². The molecule has 53 heavy (non-hydrogen) atoms. The summed E-state index contributed by atoms with van der Waals surface area (Å²) in [4.78, 5) is 0. The Morgan fingerprint density at radius 2 is 0.887 bits per heavy atom. The van der Waals surface area contributed by atoms with Crippen molar-refractivity contribution >= 4 is 0 Å². The van der Waals surface area contributed by atoms with Crippen LogP contribution in [-0.2, 0) is 0 Å². The van der Waals surface area contributed by atoms with Crippen molar-refractivity contribution in [3.8, 4) is 0 Å². The largest absolute Gasteiger partial charge is 0.390 e. The van der Waals surface area contributed by atoms with E-state index < -0.39 is 16.8 Å². The molecule has 3 heteroatoms. The molecule has 0 heterocycles. The van der Waals surface area contributed by atoms with Gasteiger partial charge in [-0.1, -0.05) is 154 Å².